The fraction of sp³-hybridized carbons (Fsp3) is 0.556. The van der Waals surface area contributed by atoms with Gasteiger partial charge in [0.15, 0.2) is 0 Å². The first-order chi connectivity index (χ1) is 10.2. The van der Waals surface area contributed by atoms with Gasteiger partial charge in [-0.2, -0.15) is 0 Å². The number of halogens is 2. The SMILES string of the molecule is CCCNC(/C1=C/CCCCCC1)c1ccc(I)c(Cl)c1. The molecule has 1 aliphatic rings. The van der Waals surface area contributed by atoms with Crippen LogP contribution in [-0.2, 0) is 0 Å². The predicted octanol–water partition coefficient (Wildman–Crippen LogP) is 6.27. The summed E-state index contributed by atoms with van der Waals surface area (Å²) in [7, 11) is 0. The quantitative estimate of drug-likeness (QED) is 0.440. The molecular weight excluding hydrogens is 393 g/mol. The van der Waals surface area contributed by atoms with Crippen molar-refractivity contribution in [2.75, 3.05) is 6.54 Å². The lowest BCUT2D eigenvalue weighted by atomic mass is 9.91. The molecule has 0 aromatic heterocycles. The Bertz CT molecular complexity index is 484. The van der Waals surface area contributed by atoms with Gasteiger partial charge in [-0.05, 0) is 78.9 Å². The fourth-order valence-corrected chi connectivity index (χ4v) is 3.45. The maximum Gasteiger partial charge on any atom is 0.0542 e. The summed E-state index contributed by atoms with van der Waals surface area (Å²) in [6.07, 6.45) is 11.5. The Morgan fingerprint density at radius 3 is 2.81 bits per heavy atom. The van der Waals surface area contributed by atoms with Crippen LogP contribution in [0.15, 0.2) is 29.8 Å². The minimum Gasteiger partial charge on any atom is -0.307 e. The molecule has 1 nitrogen and oxygen atoms in total. The maximum atomic E-state index is 6.33. The molecule has 0 bridgehead atoms. The molecule has 1 aromatic carbocycles. The Kier molecular flexibility index (Phi) is 7.55. The molecule has 1 aliphatic carbocycles. The van der Waals surface area contributed by atoms with Crippen LogP contribution in [0.1, 0.15) is 63.5 Å². The summed E-state index contributed by atoms with van der Waals surface area (Å²) in [5.41, 5.74) is 2.86. The molecule has 0 aliphatic heterocycles. The summed E-state index contributed by atoms with van der Waals surface area (Å²) in [4.78, 5) is 0. The number of hydrogen-bond donors (Lipinski definition) is 1. The van der Waals surface area contributed by atoms with Crippen molar-refractivity contribution in [1.29, 1.82) is 0 Å². The van der Waals surface area contributed by atoms with E-state index in [1.165, 1.54) is 44.1 Å². The highest BCUT2D eigenvalue weighted by atomic mass is 127. The van der Waals surface area contributed by atoms with Crippen LogP contribution in [-0.4, -0.2) is 6.54 Å². The average molecular weight is 418 g/mol. The molecule has 0 amide bonds. The smallest absolute Gasteiger partial charge is 0.0542 e. The van der Waals surface area contributed by atoms with Crippen molar-refractivity contribution in [3.63, 3.8) is 0 Å². The average Bonchev–Trinajstić information content (AvgIpc) is 2.44. The van der Waals surface area contributed by atoms with Crippen LogP contribution in [0.2, 0.25) is 5.02 Å². The molecule has 2 rings (SSSR count). The summed E-state index contributed by atoms with van der Waals surface area (Å²) in [6, 6.07) is 6.82. The third kappa shape index (κ3) is 5.26. The Morgan fingerprint density at radius 1 is 1.24 bits per heavy atom. The molecule has 21 heavy (non-hydrogen) atoms. The van der Waals surface area contributed by atoms with Crippen LogP contribution in [0, 0.1) is 3.57 Å². The van der Waals surface area contributed by atoms with Crippen LogP contribution < -0.4 is 5.32 Å². The third-order valence-electron chi connectivity index (χ3n) is 4.07. The van der Waals surface area contributed by atoms with Gasteiger partial charge in [-0.25, -0.2) is 0 Å². The number of benzene rings is 1. The van der Waals surface area contributed by atoms with Gasteiger partial charge < -0.3 is 5.32 Å². The van der Waals surface area contributed by atoms with E-state index in [-0.39, 0.29) is 0 Å². The van der Waals surface area contributed by atoms with Gasteiger partial charge in [0, 0.05) is 3.57 Å². The van der Waals surface area contributed by atoms with E-state index in [2.05, 4.69) is 59.1 Å². The van der Waals surface area contributed by atoms with Crippen LogP contribution in [0.4, 0.5) is 0 Å². The zero-order valence-corrected chi connectivity index (χ0v) is 15.7. The summed E-state index contributed by atoms with van der Waals surface area (Å²) in [5, 5.41) is 4.58. The van der Waals surface area contributed by atoms with Crippen molar-refractivity contribution in [1.82, 2.24) is 5.32 Å². The van der Waals surface area contributed by atoms with Crippen LogP contribution in [0.5, 0.6) is 0 Å². The normalized spacial score (nSPS) is 20.2. The molecule has 1 atom stereocenters. The molecule has 1 N–H and O–H groups in total. The van der Waals surface area contributed by atoms with Crippen LogP contribution in [0.3, 0.4) is 0 Å². The lowest BCUT2D eigenvalue weighted by molar-refractivity contribution is 0.540. The Labute approximate surface area is 147 Å². The standard InChI is InChI=1S/C18H25ClIN/c1-2-12-21-18(14-8-6-4-3-5-7-9-14)15-10-11-17(20)16(19)13-15/h8,10-11,13,18,21H,2-7,9,12H2,1H3/b14-8+. The molecule has 116 valence electrons. The second-order valence-electron chi connectivity index (χ2n) is 5.79. The largest absolute Gasteiger partial charge is 0.307 e. The third-order valence-corrected chi connectivity index (χ3v) is 5.64. The molecule has 3 heteroatoms. The molecule has 0 saturated heterocycles. The molecule has 0 spiro atoms. The molecule has 1 aromatic rings. The lowest BCUT2D eigenvalue weighted by Crippen LogP contribution is -2.24. The first-order valence-corrected chi connectivity index (χ1v) is 9.55. The zero-order chi connectivity index (χ0) is 15.1. The Balaban J connectivity index is 2.25. The lowest BCUT2D eigenvalue weighted by Gasteiger charge is -2.24. The van der Waals surface area contributed by atoms with Gasteiger partial charge in [0.25, 0.3) is 0 Å². The van der Waals surface area contributed by atoms with Gasteiger partial charge in [-0.3, -0.25) is 0 Å². The van der Waals surface area contributed by atoms with Crippen LogP contribution >= 0.6 is 34.2 Å². The number of rotatable bonds is 5. The number of allylic oxidation sites excluding steroid dienone is 1. The van der Waals surface area contributed by atoms with E-state index in [1.54, 1.807) is 5.57 Å². The van der Waals surface area contributed by atoms with E-state index in [0.717, 1.165) is 21.6 Å². The van der Waals surface area contributed by atoms with Crippen molar-refractivity contribution < 1.29 is 0 Å². The van der Waals surface area contributed by atoms with E-state index in [0.29, 0.717) is 6.04 Å². The van der Waals surface area contributed by atoms with Crippen molar-refractivity contribution in [3.05, 3.63) is 44.0 Å². The van der Waals surface area contributed by atoms with E-state index >= 15 is 0 Å². The zero-order valence-electron chi connectivity index (χ0n) is 12.8. The van der Waals surface area contributed by atoms with Crippen molar-refractivity contribution >= 4 is 34.2 Å². The minimum absolute atomic E-state index is 0.331. The van der Waals surface area contributed by atoms with E-state index in [4.69, 9.17) is 11.6 Å². The van der Waals surface area contributed by atoms with E-state index < -0.39 is 0 Å². The second kappa shape index (κ2) is 9.16. The first kappa shape index (κ1) is 17.3. The topological polar surface area (TPSA) is 12.0 Å². The maximum absolute atomic E-state index is 6.33. The summed E-state index contributed by atoms with van der Waals surface area (Å²) >= 11 is 8.63. The van der Waals surface area contributed by atoms with E-state index in [9.17, 15) is 0 Å². The highest BCUT2D eigenvalue weighted by molar-refractivity contribution is 14.1. The van der Waals surface area contributed by atoms with Gasteiger partial charge in [0.2, 0.25) is 0 Å². The predicted molar refractivity (Wildman–Crippen MR) is 101 cm³/mol. The summed E-state index contributed by atoms with van der Waals surface area (Å²) in [6.45, 7) is 3.27. The van der Waals surface area contributed by atoms with Crippen molar-refractivity contribution in [2.45, 2.75) is 57.9 Å². The number of hydrogen-bond acceptors (Lipinski definition) is 1. The second-order valence-corrected chi connectivity index (χ2v) is 7.36. The van der Waals surface area contributed by atoms with Gasteiger partial charge in [-0.1, -0.05) is 49.1 Å². The monoisotopic (exact) mass is 417 g/mol. The highest BCUT2D eigenvalue weighted by Crippen LogP contribution is 2.31. The van der Waals surface area contributed by atoms with Crippen LogP contribution in [0.25, 0.3) is 0 Å². The fourth-order valence-electron chi connectivity index (χ4n) is 2.92. The first-order valence-electron chi connectivity index (χ1n) is 8.09. The highest BCUT2D eigenvalue weighted by Gasteiger charge is 2.17. The number of nitrogens with one attached hydrogen (secondary N) is 1. The van der Waals surface area contributed by atoms with Gasteiger partial charge >= 0.3 is 0 Å². The Hall–Kier alpha value is -0.0600. The molecule has 0 fully saturated rings. The molecule has 0 saturated carbocycles. The van der Waals surface area contributed by atoms with E-state index in [1.807, 2.05) is 0 Å². The van der Waals surface area contributed by atoms with Gasteiger partial charge in [-0.15, -0.1) is 0 Å². The Morgan fingerprint density at radius 2 is 2.05 bits per heavy atom. The summed E-state index contributed by atoms with van der Waals surface area (Å²) < 4.78 is 1.12. The van der Waals surface area contributed by atoms with Crippen molar-refractivity contribution in [3.8, 4) is 0 Å². The minimum atomic E-state index is 0.331. The summed E-state index contributed by atoms with van der Waals surface area (Å²) in [5.74, 6) is 0. The van der Waals surface area contributed by atoms with Gasteiger partial charge in [0.1, 0.15) is 0 Å². The van der Waals surface area contributed by atoms with Gasteiger partial charge in [0.05, 0.1) is 11.1 Å². The molecular formula is C18H25ClIN. The van der Waals surface area contributed by atoms with Crippen molar-refractivity contribution in [2.24, 2.45) is 0 Å². The molecule has 0 radical (unpaired) electrons. The molecule has 0 heterocycles. The molecule has 1 unspecified atom stereocenters.